The molecule has 3 aliphatic heterocycles. The maximum Gasteiger partial charge on any atom is 0.261 e. The molecule has 3 aliphatic rings. The summed E-state index contributed by atoms with van der Waals surface area (Å²) in [6, 6.07) is 25.1. The standard InChI is InChI=1S/C47H53N9O7S/c1-64(62,63)35-19-15-33(16-20-35)39-11-8-12-41-51-47(53-56(39)41)50-34-17-13-31(14-18-34)32-23-27-54(28-24-32)30-43(58)49-26-6-4-2-3-5-25-48-38-10-7-9-36-37(38)29-44(59)55(46(36)61)40-21-22-42(57)52-45(40)60/h7-20,32,40,48H,2-6,21-30H2,1H3,(H,49,58)(H,50,53)(H,52,57,60). The Labute approximate surface area is 372 Å². The van der Waals surface area contributed by atoms with Gasteiger partial charge in [0, 0.05) is 48.3 Å². The molecule has 2 aromatic heterocycles. The second-order valence-corrected chi connectivity index (χ2v) is 18.8. The maximum atomic E-state index is 13.3. The number of amides is 5. The van der Waals surface area contributed by atoms with Crippen LogP contribution < -0.4 is 21.3 Å². The first-order valence-electron chi connectivity index (χ1n) is 22.0. The molecule has 0 radical (unpaired) electrons. The molecule has 5 heterocycles. The van der Waals surface area contributed by atoms with Crippen molar-refractivity contribution in [1.29, 1.82) is 0 Å². The minimum Gasteiger partial charge on any atom is -0.385 e. The number of aromatic nitrogens is 3. The predicted molar refractivity (Wildman–Crippen MR) is 242 cm³/mol. The summed E-state index contributed by atoms with van der Waals surface area (Å²) in [4.78, 5) is 71.2. The van der Waals surface area contributed by atoms with Gasteiger partial charge in [0.1, 0.15) is 6.04 Å². The highest BCUT2D eigenvalue weighted by Crippen LogP contribution is 2.31. The van der Waals surface area contributed by atoms with Gasteiger partial charge in [0.25, 0.3) is 5.91 Å². The van der Waals surface area contributed by atoms with Gasteiger partial charge in [0.05, 0.1) is 23.6 Å². The quantitative estimate of drug-likeness (QED) is 0.0701. The first-order chi connectivity index (χ1) is 30.9. The highest BCUT2D eigenvalue weighted by Gasteiger charge is 2.42. The van der Waals surface area contributed by atoms with Gasteiger partial charge in [-0.15, -0.1) is 5.10 Å². The molecule has 0 bridgehead atoms. The van der Waals surface area contributed by atoms with E-state index in [0.717, 1.165) is 85.6 Å². The summed E-state index contributed by atoms with van der Waals surface area (Å²) in [5.74, 6) is -1.04. The van der Waals surface area contributed by atoms with Gasteiger partial charge in [-0.05, 0) is 111 Å². The number of pyridine rings is 1. The third-order valence-electron chi connectivity index (χ3n) is 12.3. The summed E-state index contributed by atoms with van der Waals surface area (Å²) >= 11 is 0. The van der Waals surface area contributed by atoms with Crippen LogP contribution >= 0.6 is 0 Å². The van der Waals surface area contributed by atoms with Crippen molar-refractivity contribution in [3.8, 4) is 11.3 Å². The zero-order valence-electron chi connectivity index (χ0n) is 35.8. The molecule has 17 heteroatoms. The molecule has 0 aliphatic carbocycles. The number of likely N-dealkylation sites (tertiary alicyclic amines) is 1. The number of unbranched alkanes of at least 4 members (excludes halogenated alkanes) is 4. The fourth-order valence-corrected chi connectivity index (χ4v) is 9.43. The van der Waals surface area contributed by atoms with E-state index in [9.17, 15) is 32.4 Å². The number of carbonyl (C=O) groups excluding carboxylic acids is 5. The average Bonchev–Trinajstić information content (AvgIpc) is 3.70. The molecule has 16 nitrogen and oxygen atoms in total. The monoisotopic (exact) mass is 887 g/mol. The highest BCUT2D eigenvalue weighted by atomic mass is 32.2. The first kappa shape index (κ1) is 44.2. The van der Waals surface area contributed by atoms with E-state index in [1.54, 1.807) is 40.9 Å². The summed E-state index contributed by atoms with van der Waals surface area (Å²) in [5.41, 5.74) is 6.20. The van der Waals surface area contributed by atoms with Crippen LogP contribution in [0, 0.1) is 0 Å². The molecule has 5 aromatic rings. The Morgan fingerprint density at radius 2 is 1.55 bits per heavy atom. The fraction of sp³-hybridized carbons (Fsp3) is 0.383. The lowest BCUT2D eigenvalue weighted by Gasteiger charge is -2.35. The zero-order valence-corrected chi connectivity index (χ0v) is 36.7. The van der Waals surface area contributed by atoms with E-state index in [4.69, 9.17) is 0 Å². The summed E-state index contributed by atoms with van der Waals surface area (Å²) in [6.07, 6.45) is 8.21. The number of piperidine rings is 2. The Hall–Kier alpha value is -6.46. The second kappa shape index (κ2) is 19.5. The Morgan fingerprint density at radius 3 is 2.28 bits per heavy atom. The van der Waals surface area contributed by atoms with Crippen LogP contribution in [0.3, 0.4) is 0 Å². The van der Waals surface area contributed by atoms with Crippen molar-refractivity contribution in [3.05, 3.63) is 102 Å². The van der Waals surface area contributed by atoms with E-state index in [2.05, 4.69) is 48.4 Å². The van der Waals surface area contributed by atoms with E-state index in [-0.39, 0.29) is 30.1 Å². The maximum absolute atomic E-state index is 13.3. The highest BCUT2D eigenvalue weighted by molar-refractivity contribution is 7.90. The van der Waals surface area contributed by atoms with Gasteiger partial charge < -0.3 is 16.0 Å². The van der Waals surface area contributed by atoms with Crippen LogP contribution in [0.2, 0.25) is 0 Å². The van der Waals surface area contributed by atoms with Gasteiger partial charge >= 0.3 is 0 Å². The molecular weight excluding hydrogens is 835 g/mol. The van der Waals surface area contributed by atoms with Crippen molar-refractivity contribution in [2.75, 3.05) is 49.6 Å². The Morgan fingerprint density at radius 1 is 0.828 bits per heavy atom. The van der Waals surface area contributed by atoms with Crippen LogP contribution in [0.4, 0.5) is 17.3 Å². The van der Waals surface area contributed by atoms with Gasteiger partial charge in [-0.25, -0.2) is 12.9 Å². The lowest BCUT2D eigenvalue weighted by molar-refractivity contribution is -0.143. The molecule has 1 unspecified atom stereocenters. The molecule has 0 spiro atoms. The van der Waals surface area contributed by atoms with Gasteiger partial charge in [0.15, 0.2) is 15.5 Å². The second-order valence-electron chi connectivity index (χ2n) is 16.8. The van der Waals surface area contributed by atoms with Gasteiger partial charge in [-0.1, -0.05) is 55.7 Å². The third kappa shape index (κ3) is 10.3. The molecule has 4 N–H and O–H groups in total. The summed E-state index contributed by atoms with van der Waals surface area (Å²) in [5, 5.41) is 16.7. The Bertz CT molecular complexity index is 2660. The molecule has 1 atom stereocenters. The lowest BCUT2D eigenvalue weighted by atomic mass is 9.89. The van der Waals surface area contributed by atoms with Crippen molar-refractivity contribution in [2.24, 2.45) is 0 Å². The van der Waals surface area contributed by atoms with Crippen LogP contribution in [0.1, 0.15) is 85.2 Å². The zero-order chi connectivity index (χ0) is 44.8. The van der Waals surface area contributed by atoms with E-state index in [0.29, 0.717) is 48.3 Å². The number of hydrogen-bond acceptors (Lipinski definition) is 12. The normalized spacial score (nSPS) is 17.3. The van der Waals surface area contributed by atoms with Crippen molar-refractivity contribution in [3.63, 3.8) is 0 Å². The minimum absolute atomic E-state index is 0.00530. The minimum atomic E-state index is -3.29. The molecule has 64 heavy (non-hydrogen) atoms. The number of sulfone groups is 1. The first-order valence-corrected chi connectivity index (χ1v) is 23.9. The molecule has 3 aromatic carbocycles. The van der Waals surface area contributed by atoms with Crippen LogP contribution in [-0.2, 0) is 35.4 Å². The number of nitrogens with one attached hydrogen (secondary N) is 4. The number of nitrogens with zero attached hydrogens (tertiary/aromatic N) is 5. The van der Waals surface area contributed by atoms with Gasteiger partial charge in [-0.3, -0.25) is 39.1 Å². The Balaban J connectivity index is 0.701. The number of hydrogen-bond donors (Lipinski definition) is 4. The number of carbonyl (C=O) groups is 5. The van der Waals surface area contributed by atoms with Crippen LogP contribution in [-0.4, -0.2) is 107 Å². The van der Waals surface area contributed by atoms with Crippen LogP contribution in [0.5, 0.6) is 0 Å². The smallest absolute Gasteiger partial charge is 0.261 e. The van der Waals surface area contributed by atoms with Crippen LogP contribution in [0.25, 0.3) is 16.9 Å². The predicted octanol–water partition coefficient (Wildman–Crippen LogP) is 5.23. The topological polar surface area (TPSA) is 204 Å². The molecular formula is C47H53N9O7S. The number of imide groups is 2. The van der Waals surface area contributed by atoms with Crippen molar-refractivity contribution in [1.82, 2.24) is 35.0 Å². The fourth-order valence-electron chi connectivity index (χ4n) is 8.80. The number of rotatable bonds is 17. The summed E-state index contributed by atoms with van der Waals surface area (Å²) < 4.78 is 25.6. The van der Waals surface area contributed by atoms with E-state index >= 15 is 0 Å². The number of fused-ring (bicyclic) bond motifs is 2. The lowest BCUT2D eigenvalue weighted by Crippen LogP contribution is -2.58. The SMILES string of the molecule is CS(=O)(=O)c1ccc(-c2cccc3nc(Nc4ccc(C5CCN(CC(=O)NCCCCCCCNc6cccc7c6CC(=O)N(C6CCC(=O)NC6=O)C7=O)CC5)cc4)nn23)cc1. The van der Waals surface area contributed by atoms with E-state index < -0.39 is 39.5 Å². The molecule has 2 saturated heterocycles. The Kier molecular flexibility index (Phi) is 13.5. The number of anilines is 3. The van der Waals surface area contributed by atoms with Crippen LogP contribution in [0.15, 0.2) is 89.8 Å². The van der Waals surface area contributed by atoms with Crippen molar-refractivity contribution < 1.29 is 32.4 Å². The van der Waals surface area contributed by atoms with E-state index in [1.807, 2.05) is 36.4 Å². The average molecular weight is 888 g/mol. The molecule has 2 fully saturated rings. The molecule has 0 saturated carbocycles. The van der Waals surface area contributed by atoms with Gasteiger partial charge in [-0.2, -0.15) is 4.98 Å². The summed E-state index contributed by atoms with van der Waals surface area (Å²) in [6.45, 7) is 3.45. The van der Waals surface area contributed by atoms with Gasteiger partial charge in [0.2, 0.25) is 29.6 Å². The molecule has 8 rings (SSSR count). The largest absolute Gasteiger partial charge is 0.385 e. The van der Waals surface area contributed by atoms with E-state index in [1.165, 1.54) is 11.8 Å². The van der Waals surface area contributed by atoms with Crippen molar-refractivity contribution in [2.45, 2.75) is 81.1 Å². The third-order valence-corrected chi connectivity index (χ3v) is 13.4. The molecule has 334 valence electrons. The van der Waals surface area contributed by atoms with Crippen molar-refractivity contribution >= 4 is 62.3 Å². The number of benzene rings is 3. The molecule has 5 amide bonds. The summed E-state index contributed by atoms with van der Waals surface area (Å²) in [7, 11) is -3.29.